The molecule has 1 aromatic rings. The molecule has 0 aliphatic carbocycles. The number of benzene rings is 1. The minimum absolute atomic E-state index is 0.247. The van der Waals surface area contributed by atoms with Crippen LogP contribution in [0.25, 0.3) is 0 Å². The molecular formula is C20H32N2O2. The predicted molar refractivity (Wildman–Crippen MR) is 98.2 cm³/mol. The SMILES string of the molecule is Cc1ccccc1CCC(=O)N1CCOC[C@@H](CCN(C)C)[C@@H]1C. The molecule has 0 aromatic heterocycles. The van der Waals surface area contributed by atoms with Crippen LogP contribution in [-0.4, -0.2) is 62.1 Å². The summed E-state index contributed by atoms with van der Waals surface area (Å²) < 4.78 is 5.76. The summed E-state index contributed by atoms with van der Waals surface area (Å²) >= 11 is 0. The second kappa shape index (κ2) is 9.19. The second-order valence-corrected chi connectivity index (χ2v) is 7.18. The van der Waals surface area contributed by atoms with Crippen LogP contribution in [-0.2, 0) is 16.0 Å². The number of rotatable bonds is 6. The smallest absolute Gasteiger partial charge is 0.223 e. The molecule has 1 amide bonds. The summed E-state index contributed by atoms with van der Waals surface area (Å²) in [5, 5.41) is 0. The highest BCUT2D eigenvalue weighted by atomic mass is 16.5. The van der Waals surface area contributed by atoms with E-state index in [0.717, 1.165) is 26.0 Å². The van der Waals surface area contributed by atoms with Crippen molar-refractivity contribution >= 4 is 5.91 Å². The maximum absolute atomic E-state index is 12.8. The van der Waals surface area contributed by atoms with E-state index in [1.165, 1.54) is 11.1 Å². The number of carbonyl (C=O) groups excluding carboxylic acids is 1. The molecule has 4 nitrogen and oxygen atoms in total. The third kappa shape index (κ3) is 5.32. The largest absolute Gasteiger partial charge is 0.379 e. The van der Waals surface area contributed by atoms with E-state index in [4.69, 9.17) is 4.74 Å². The monoisotopic (exact) mass is 332 g/mol. The zero-order chi connectivity index (χ0) is 17.5. The normalized spacial score (nSPS) is 21.8. The average molecular weight is 332 g/mol. The summed E-state index contributed by atoms with van der Waals surface area (Å²) in [5.74, 6) is 0.670. The second-order valence-electron chi connectivity index (χ2n) is 7.18. The molecule has 0 unspecified atom stereocenters. The van der Waals surface area contributed by atoms with Gasteiger partial charge in [-0.2, -0.15) is 0 Å². The Bertz CT molecular complexity index is 530. The lowest BCUT2D eigenvalue weighted by Crippen LogP contribution is -2.43. The molecular weight excluding hydrogens is 300 g/mol. The van der Waals surface area contributed by atoms with Crippen LogP contribution in [0.3, 0.4) is 0 Å². The molecule has 2 rings (SSSR count). The Hall–Kier alpha value is -1.39. The maximum Gasteiger partial charge on any atom is 0.223 e. The Morgan fingerprint density at radius 1 is 1.33 bits per heavy atom. The molecule has 0 saturated carbocycles. The molecule has 1 aliphatic rings. The van der Waals surface area contributed by atoms with E-state index in [-0.39, 0.29) is 11.9 Å². The molecule has 0 spiro atoms. The van der Waals surface area contributed by atoms with Gasteiger partial charge < -0.3 is 14.5 Å². The molecule has 0 radical (unpaired) electrons. The van der Waals surface area contributed by atoms with Gasteiger partial charge in [0.05, 0.1) is 13.2 Å². The maximum atomic E-state index is 12.8. The molecule has 2 atom stereocenters. The lowest BCUT2D eigenvalue weighted by Gasteiger charge is -2.32. The fraction of sp³-hybridized carbons (Fsp3) is 0.650. The zero-order valence-corrected chi connectivity index (χ0v) is 15.6. The first kappa shape index (κ1) is 18.9. The molecule has 1 saturated heterocycles. The fourth-order valence-corrected chi connectivity index (χ4v) is 3.37. The van der Waals surface area contributed by atoms with Crippen LogP contribution in [0, 0.1) is 12.8 Å². The number of hydrogen-bond donors (Lipinski definition) is 0. The third-order valence-corrected chi connectivity index (χ3v) is 5.12. The standard InChI is InChI=1S/C20H32N2O2/c1-16-7-5-6-8-18(16)9-10-20(23)22-13-14-24-15-19(17(22)2)11-12-21(3)4/h5-8,17,19H,9-15H2,1-4H3/t17-,19+/m0/s1. The van der Waals surface area contributed by atoms with Gasteiger partial charge in [0.25, 0.3) is 0 Å². The van der Waals surface area contributed by atoms with E-state index in [9.17, 15) is 4.79 Å². The van der Waals surface area contributed by atoms with Gasteiger partial charge in [0.2, 0.25) is 5.91 Å². The topological polar surface area (TPSA) is 32.8 Å². The van der Waals surface area contributed by atoms with Crippen molar-refractivity contribution in [2.24, 2.45) is 5.92 Å². The molecule has 0 N–H and O–H groups in total. The van der Waals surface area contributed by atoms with Gasteiger partial charge in [-0.1, -0.05) is 24.3 Å². The lowest BCUT2D eigenvalue weighted by atomic mass is 9.96. The van der Waals surface area contributed by atoms with Gasteiger partial charge in [-0.15, -0.1) is 0 Å². The molecule has 1 aromatic carbocycles. The number of aryl methyl sites for hydroxylation is 2. The van der Waals surface area contributed by atoms with Gasteiger partial charge in [-0.05, 0) is 58.5 Å². The van der Waals surface area contributed by atoms with Crippen LogP contribution in [0.4, 0.5) is 0 Å². The van der Waals surface area contributed by atoms with Crippen LogP contribution >= 0.6 is 0 Å². The molecule has 24 heavy (non-hydrogen) atoms. The highest BCUT2D eigenvalue weighted by Crippen LogP contribution is 2.21. The van der Waals surface area contributed by atoms with E-state index in [1.54, 1.807) is 0 Å². The Labute approximate surface area is 146 Å². The quantitative estimate of drug-likeness (QED) is 0.803. The Morgan fingerprint density at radius 2 is 2.08 bits per heavy atom. The summed E-state index contributed by atoms with van der Waals surface area (Å²) in [6, 6.07) is 8.57. The average Bonchev–Trinajstić information content (AvgIpc) is 2.73. The van der Waals surface area contributed by atoms with Crippen LogP contribution in [0.5, 0.6) is 0 Å². The van der Waals surface area contributed by atoms with Gasteiger partial charge in [-0.25, -0.2) is 0 Å². The zero-order valence-electron chi connectivity index (χ0n) is 15.6. The van der Waals surface area contributed by atoms with Gasteiger partial charge in [-0.3, -0.25) is 4.79 Å². The number of amides is 1. The first-order chi connectivity index (χ1) is 11.5. The number of hydrogen-bond acceptors (Lipinski definition) is 3. The van der Waals surface area contributed by atoms with Crippen molar-refractivity contribution in [3.8, 4) is 0 Å². The van der Waals surface area contributed by atoms with Crippen LogP contribution in [0.15, 0.2) is 24.3 Å². The molecule has 1 heterocycles. The predicted octanol–water partition coefficient (Wildman–Crippen LogP) is 2.74. The van der Waals surface area contributed by atoms with Crippen LogP contribution in [0.1, 0.15) is 30.9 Å². The van der Waals surface area contributed by atoms with Crippen LogP contribution < -0.4 is 0 Å². The molecule has 4 heteroatoms. The van der Waals surface area contributed by atoms with E-state index in [1.807, 2.05) is 17.0 Å². The molecule has 0 bridgehead atoms. The summed E-state index contributed by atoms with van der Waals surface area (Å²) in [7, 11) is 4.18. The van der Waals surface area contributed by atoms with E-state index in [0.29, 0.717) is 25.5 Å². The first-order valence-corrected chi connectivity index (χ1v) is 9.05. The Balaban J connectivity index is 1.94. The summed E-state index contributed by atoms with van der Waals surface area (Å²) in [5.41, 5.74) is 2.54. The van der Waals surface area contributed by atoms with E-state index >= 15 is 0 Å². The minimum Gasteiger partial charge on any atom is -0.379 e. The van der Waals surface area contributed by atoms with Crippen LogP contribution in [0.2, 0.25) is 0 Å². The number of nitrogens with zero attached hydrogens (tertiary/aromatic N) is 2. The third-order valence-electron chi connectivity index (χ3n) is 5.12. The van der Waals surface area contributed by atoms with Crippen molar-refractivity contribution < 1.29 is 9.53 Å². The summed E-state index contributed by atoms with van der Waals surface area (Å²) in [6.07, 6.45) is 2.46. The Morgan fingerprint density at radius 3 is 2.79 bits per heavy atom. The molecule has 134 valence electrons. The van der Waals surface area contributed by atoms with Gasteiger partial charge in [0.15, 0.2) is 0 Å². The highest BCUT2D eigenvalue weighted by molar-refractivity contribution is 5.77. The van der Waals surface area contributed by atoms with Gasteiger partial charge in [0, 0.05) is 24.9 Å². The van der Waals surface area contributed by atoms with Gasteiger partial charge in [0.1, 0.15) is 0 Å². The van der Waals surface area contributed by atoms with Crippen molar-refractivity contribution in [3.63, 3.8) is 0 Å². The van der Waals surface area contributed by atoms with Crippen molar-refractivity contribution in [3.05, 3.63) is 35.4 Å². The molecule has 1 fully saturated rings. The van der Waals surface area contributed by atoms with E-state index < -0.39 is 0 Å². The summed E-state index contributed by atoms with van der Waals surface area (Å²) in [6.45, 7) is 7.45. The molecule has 1 aliphatic heterocycles. The van der Waals surface area contributed by atoms with Crippen molar-refractivity contribution in [1.82, 2.24) is 9.80 Å². The van der Waals surface area contributed by atoms with Crippen molar-refractivity contribution in [2.45, 2.75) is 39.2 Å². The van der Waals surface area contributed by atoms with Crippen molar-refractivity contribution in [1.29, 1.82) is 0 Å². The number of carbonyl (C=O) groups is 1. The summed E-state index contributed by atoms with van der Waals surface area (Å²) in [4.78, 5) is 17.0. The lowest BCUT2D eigenvalue weighted by molar-refractivity contribution is -0.133. The van der Waals surface area contributed by atoms with Crippen molar-refractivity contribution in [2.75, 3.05) is 40.4 Å². The highest BCUT2D eigenvalue weighted by Gasteiger charge is 2.29. The number of ether oxygens (including phenoxy) is 1. The van der Waals surface area contributed by atoms with E-state index in [2.05, 4.69) is 45.0 Å². The minimum atomic E-state index is 0.247. The Kier molecular flexibility index (Phi) is 7.25. The fourth-order valence-electron chi connectivity index (χ4n) is 3.37. The van der Waals surface area contributed by atoms with Gasteiger partial charge >= 0.3 is 0 Å². The first-order valence-electron chi connectivity index (χ1n) is 9.05.